The molecule has 0 aliphatic heterocycles. The average Bonchev–Trinajstić information content (AvgIpc) is 2.56. The third-order valence-corrected chi connectivity index (χ3v) is 4.57. The first kappa shape index (κ1) is 20.5. The zero-order chi connectivity index (χ0) is 20.3. The summed E-state index contributed by atoms with van der Waals surface area (Å²) in [6.07, 6.45) is 0. The lowest BCUT2D eigenvalue weighted by Crippen LogP contribution is -1.95. The predicted octanol–water partition coefficient (Wildman–Crippen LogP) is 6.90. The van der Waals surface area contributed by atoms with E-state index in [0.717, 1.165) is 22.4 Å². The van der Waals surface area contributed by atoms with Crippen LogP contribution in [0.4, 0.5) is 17.1 Å². The topological polar surface area (TPSA) is 67.9 Å². The number of nitro groups is 1. The molecule has 0 saturated carbocycles. The van der Waals surface area contributed by atoms with Crippen molar-refractivity contribution in [2.75, 3.05) is 0 Å². The molecule has 5 nitrogen and oxygen atoms in total. The number of nitro benzene ring substituents is 1. The van der Waals surface area contributed by atoms with Crippen LogP contribution in [0.15, 0.2) is 34.3 Å². The molecule has 5 heteroatoms. The van der Waals surface area contributed by atoms with Gasteiger partial charge in [0, 0.05) is 12.1 Å². The molecule has 0 fully saturated rings. The normalized spacial score (nSPS) is 10.9. The minimum absolute atomic E-state index is 0.0866. The molecule has 0 radical (unpaired) electrons. The summed E-state index contributed by atoms with van der Waals surface area (Å²) in [6.45, 7) is 14.2. The lowest BCUT2D eigenvalue weighted by molar-refractivity contribution is -0.385. The Bertz CT molecular complexity index is 937. The van der Waals surface area contributed by atoms with E-state index < -0.39 is 0 Å². The Morgan fingerprint density at radius 1 is 0.852 bits per heavy atom. The highest BCUT2D eigenvalue weighted by molar-refractivity contribution is 5.67. The molecular weight excluding hydrogens is 338 g/mol. The van der Waals surface area contributed by atoms with Gasteiger partial charge in [0.25, 0.3) is 5.69 Å². The number of hydrogen-bond donors (Lipinski definition) is 0. The molecule has 0 aliphatic carbocycles. The number of benzene rings is 2. The van der Waals surface area contributed by atoms with Crippen LogP contribution in [0, 0.1) is 30.9 Å². The van der Waals surface area contributed by atoms with Gasteiger partial charge >= 0.3 is 0 Å². The van der Waals surface area contributed by atoms with Gasteiger partial charge in [-0.05, 0) is 54.9 Å². The number of rotatable bonds is 5. The standard InChI is InChI=1S/C22H27N3O2/c1-13(2)19-9-15(5)8-16(6)21(19)23-12-24-22-17(7)10-18(25(26)27)11-20(22)14(3)4/h8-11,13-14H,1-7H3. The maximum atomic E-state index is 11.1. The highest BCUT2D eigenvalue weighted by Crippen LogP contribution is 2.34. The molecule has 0 bridgehead atoms. The number of hydrogen-bond acceptors (Lipinski definition) is 4. The Morgan fingerprint density at radius 3 is 1.81 bits per heavy atom. The van der Waals surface area contributed by atoms with Crippen LogP contribution in [0.1, 0.15) is 67.3 Å². The van der Waals surface area contributed by atoms with Crippen molar-refractivity contribution < 1.29 is 4.92 Å². The second-order valence-corrected chi connectivity index (χ2v) is 7.61. The van der Waals surface area contributed by atoms with Gasteiger partial charge in [0.2, 0.25) is 0 Å². The van der Waals surface area contributed by atoms with Gasteiger partial charge in [0.05, 0.1) is 16.3 Å². The minimum Gasteiger partial charge on any atom is -0.258 e. The van der Waals surface area contributed by atoms with Crippen LogP contribution in [-0.4, -0.2) is 10.9 Å². The molecule has 27 heavy (non-hydrogen) atoms. The van der Waals surface area contributed by atoms with E-state index in [4.69, 9.17) is 0 Å². The quantitative estimate of drug-likeness (QED) is 0.328. The van der Waals surface area contributed by atoms with Crippen LogP contribution in [0.3, 0.4) is 0 Å². The minimum atomic E-state index is -0.370. The van der Waals surface area contributed by atoms with Gasteiger partial charge in [-0.15, -0.1) is 0 Å². The summed E-state index contributed by atoms with van der Waals surface area (Å²) < 4.78 is 0. The molecule has 0 aromatic heterocycles. The largest absolute Gasteiger partial charge is 0.270 e. The van der Waals surface area contributed by atoms with Crippen LogP contribution in [0.5, 0.6) is 0 Å². The van der Waals surface area contributed by atoms with E-state index in [1.165, 1.54) is 11.1 Å². The van der Waals surface area contributed by atoms with E-state index in [2.05, 4.69) is 48.9 Å². The Labute approximate surface area is 161 Å². The predicted molar refractivity (Wildman–Crippen MR) is 111 cm³/mol. The van der Waals surface area contributed by atoms with Gasteiger partial charge < -0.3 is 0 Å². The van der Waals surface area contributed by atoms with Crippen LogP contribution >= 0.6 is 0 Å². The molecule has 0 spiro atoms. The highest BCUT2D eigenvalue weighted by atomic mass is 16.6. The smallest absolute Gasteiger partial charge is 0.258 e. The monoisotopic (exact) mass is 365 g/mol. The molecule has 0 heterocycles. The van der Waals surface area contributed by atoms with Crippen LogP contribution < -0.4 is 0 Å². The lowest BCUT2D eigenvalue weighted by Gasteiger charge is -2.12. The summed E-state index contributed by atoms with van der Waals surface area (Å²) in [7, 11) is 0. The fraction of sp³-hybridized carbons (Fsp3) is 0.409. The first-order chi connectivity index (χ1) is 12.6. The first-order valence-electron chi connectivity index (χ1n) is 9.18. The maximum Gasteiger partial charge on any atom is 0.270 e. The highest BCUT2D eigenvalue weighted by Gasteiger charge is 2.16. The van der Waals surface area contributed by atoms with Gasteiger partial charge in [-0.25, -0.2) is 0 Å². The average molecular weight is 365 g/mol. The summed E-state index contributed by atoms with van der Waals surface area (Å²) in [4.78, 5) is 19.7. The van der Waals surface area contributed by atoms with E-state index in [-0.39, 0.29) is 16.5 Å². The Kier molecular flexibility index (Phi) is 6.29. The Hall–Kier alpha value is -2.78. The lowest BCUT2D eigenvalue weighted by atomic mass is 9.96. The number of aliphatic imine (C=N–C) groups is 2. The summed E-state index contributed by atoms with van der Waals surface area (Å²) in [5, 5.41) is 11.1. The summed E-state index contributed by atoms with van der Waals surface area (Å²) >= 11 is 0. The molecular formula is C22H27N3O2. The number of aryl methyl sites for hydroxylation is 3. The first-order valence-corrected chi connectivity index (χ1v) is 9.18. The Morgan fingerprint density at radius 2 is 1.33 bits per heavy atom. The molecule has 0 unspecified atom stereocenters. The second-order valence-electron chi connectivity index (χ2n) is 7.61. The molecule has 0 aliphatic rings. The van der Waals surface area contributed by atoms with Crippen molar-refractivity contribution in [3.8, 4) is 0 Å². The van der Waals surface area contributed by atoms with Crippen molar-refractivity contribution in [2.45, 2.75) is 60.3 Å². The van der Waals surface area contributed by atoms with E-state index in [1.54, 1.807) is 12.1 Å². The van der Waals surface area contributed by atoms with Crippen LogP contribution in [-0.2, 0) is 0 Å². The Balaban J connectivity index is 2.58. The molecule has 2 rings (SSSR count). The number of non-ortho nitro benzene ring substituents is 1. The van der Waals surface area contributed by atoms with E-state index in [9.17, 15) is 10.1 Å². The zero-order valence-electron chi connectivity index (χ0n) is 17.1. The second kappa shape index (κ2) is 8.28. The number of nitrogens with zero attached hydrogens (tertiary/aromatic N) is 3. The maximum absolute atomic E-state index is 11.1. The van der Waals surface area contributed by atoms with Crippen molar-refractivity contribution in [1.82, 2.24) is 0 Å². The van der Waals surface area contributed by atoms with Crippen LogP contribution in [0.2, 0.25) is 0 Å². The summed E-state index contributed by atoms with van der Waals surface area (Å²) in [5.74, 6) is 0.452. The fourth-order valence-electron chi connectivity index (χ4n) is 3.20. The van der Waals surface area contributed by atoms with Crippen molar-refractivity contribution in [2.24, 2.45) is 9.98 Å². The molecule has 0 amide bonds. The molecule has 0 saturated heterocycles. The van der Waals surface area contributed by atoms with Crippen molar-refractivity contribution in [1.29, 1.82) is 0 Å². The van der Waals surface area contributed by atoms with Gasteiger partial charge in [0.1, 0.15) is 6.01 Å². The van der Waals surface area contributed by atoms with E-state index in [0.29, 0.717) is 11.6 Å². The molecule has 142 valence electrons. The summed E-state index contributed by atoms with van der Waals surface area (Å²) in [6, 6.07) is 10.2. The molecule has 2 aromatic rings. The van der Waals surface area contributed by atoms with Gasteiger partial charge in [0.15, 0.2) is 0 Å². The fourth-order valence-corrected chi connectivity index (χ4v) is 3.20. The third kappa shape index (κ3) is 4.69. The van der Waals surface area contributed by atoms with Crippen molar-refractivity contribution in [3.05, 3.63) is 62.2 Å². The van der Waals surface area contributed by atoms with Gasteiger partial charge in [-0.3, -0.25) is 10.1 Å². The van der Waals surface area contributed by atoms with E-state index >= 15 is 0 Å². The van der Waals surface area contributed by atoms with Crippen LogP contribution in [0.25, 0.3) is 0 Å². The van der Waals surface area contributed by atoms with Crippen molar-refractivity contribution >= 4 is 23.1 Å². The van der Waals surface area contributed by atoms with Gasteiger partial charge in [-0.1, -0.05) is 45.4 Å². The molecule has 0 N–H and O–H groups in total. The molecule has 2 aromatic carbocycles. The SMILES string of the molecule is Cc1cc(C)c(N=C=Nc2c(C)cc([N+](=O)[O-])cc2C(C)C)c(C(C)C)c1. The summed E-state index contributed by atoms with van der Waals surface area (Å²) in [5.41, 5.74) is 6.73. The zero-order valence-corrected chi connectivity index (χ0v) is 17.1. The third-order valence-electron chi connectivity index (χ3n) is 4.57. The molecule has 0 atom stereocenters. The van der Waals surface area contributed by atoms with E-state index in [1.807, 2.05) is 27.7 Å². The van der Waals surface area contributed by atoms with Gasteiger partial charge in [-0.2, -0.15) is 9.98 Å². The van der Waals surface area contributed by atoms with Crippen molar-refractivity contribution in [3.63, 3.8) is 0 Å².